The first-order valence-electron chi connectivity index (χ1n) is 8.44. The number of nitriles is 1. The van der Waals surface area contributed by atoms with Crippen LogP contribution >= 0.6 is 11.3 Å². The van der Waals surface area contributed by atoms with E-state index in [1.165, 1.54) is 29.5 Å². The fourth-order valence-corrected chi connectivity index (χ4v) is 3.91. The van der Waals surface area contributed by atoms with Crippen LogP contribution in [0.2, 0.25) is 0 Å². The summed E-state index contributed by atoms with van der Waals surface area (Å²) in [5.74, 6) is 0.842. The molecule has 0 atom stereocenters. The Labute approximate surface area is 163 Å². The molecule has 28 heavy (non-hydrogen) atoms. The third kappa shape index (κ3) is 3.15. The van der Waals surface area contributed by atoms with Crippen LogP contribution in [0.5, 0.6) is 0 Å². The molecule has 0 amide bonds. The lowest BCUT2D eigenvalue weighted by Crippen LogP contribution is -2.10. The molecule has 4 aromatic rings. The number of benzene rings is 1. The lowest BCUT2D eigenvalue weighted by Gasteiger charge is -1.99. The number of H-pyrrole nitrogens is 1. The van der Waals surface area contributed by atoms with Gasteiger partial charge in [0.05, 0.1) is 11.0 Å². The van der Waals surface area contributed by atoms with Crippen molar-refractivity contribution in [1.29, 1.82) is 5.26 Å². The molecule has 0 saturated heterocycles. The molecular weight excluding hydrogens is 377 g/mol. The molecule has 7 heteroatoms. The SMILES string of the molecule is Cc1sc2nc(C(C#N)=Cc3ccc(-c4ccc(F)cc4)o3)[nH]c(=O)c2c1C. The van der Waals surface area contributed by atoms with Gasteiger partial charge in [0.25, 0.3) is 5.56 Å². The fourth-order valence-electron chi connectivity index (χ4n) is 2.88. The summed E-state index contributed by atoms with van der Waals surface area (Å²) in [5.41, 5.74) is 1.53. The molecular formula is C21H14FN3O2S. The number of furan rings is 1. The zero-order valence-corrected chi connectivity index (χ0v) is 15.9. The van der Waals surface area contributed by atoms with Gasteiger partial charge in [-0.05, 0) is 55.8 Å². The molecule has 1 N–H and O–H groups in total. The van der Waals surface area contributed by atoms with Gasteiger partial charge in [-0.15, -0.1) is 11.3 Å². The van der Waals surface area contributed by atoms with E-state index in [0.29, 0.717) is 21.7 Å². The van der Waals surface area contributed by atoms with Crippen LogP contribution in [0.4, 0.5) is 4.39 Å². The van der Waals surface area contributed by atoms with Crippen LogP contribution in [0.1, 0.15) is 22.0 Å². The molecule has 1 aromatic carbocycles. The number of hydrogen-bond acceptors (Lipinski definition) is 5. The van der Waals surface area contributed by atoms with Crippen LogP contribution in [0, 0.1) is 31.0 Å². The van der Waals surface area contributed by atoms with Gasteiger partial charge >= 0.3 is 0 Å². The summed E-state index contributed by atoms with van der Waals surface area (Å²) in [6.07, 6.45) is 1.52. The summed E-state index contributed by atoms with van der Waals surface area (Å²) < 4.78 is 18.8. The van der Waals surface area contributed by atoms with E-state index in [-0.39, 0.29) is 22.8 Å². The standard InChI is InChI=1S/C21H14FN3O2S/c1-11-12(2)28-21-18(11)20(26)24-19(25-21)14(10-23)9-16-7-8-17(27-16)13-3-5-15(22)6-4-13/h3-9H,1-2H3,(H,24,25,26). The third-order valence-electron chi connectivity index (χ3n) is 4.46. The van der Waals surface area contributed by atoms with E-state index in [1.54, 1.807) is 24.3 Å². The molecule has 0 aliphatic carbocycles. The second-order valence-corrected chi connectivity index (χ2v) is 7.46. The number of aromatic nitrogens is 2. The van der Waals surface area contributed by atoms with Crippen molar-refractivity contribution in [3.05, 3.63) is 74.6 Å². The number of aryl methyl sites for hydroxylation is 2. The monoisotopic (exact) mass is 391 g/mol. The molecule has 0 radical (unpaired) electrons. The van der Waals surface area contributed by atoms with E-state index >= 15 is 0 Å². The number of nitrogens with zero attached hydrogens (tertiary/aromatic N) is 2. The van der Waals surface area contributed by atoms with Crippen molar-refractivity contribution in [1.82, 2.24) is 9.97 Å². The quantitative estimate of drug-likeness (QED) is 0.495. The maximum Gasteiger partial charge on any atom is 0.260 e. The van der Waals surface area contributed by atoms with Gasteiger partial charge in [-0.25, -0.2) is 9.37 Å². The smallest absolute Gasteiger partial charge is 0.260 e. The molecule has 3 aromatic heterocycles. The van der Waals surface area contributed by atoms with Gasteiger partial charge in [-0.3, -0.25) is 4.79 Å². The Morgan fingerprint density at radius 2 is 2.00 bits per heavy atom. The third-order valence-corrected chi connectivity index (χ3v) is 5.56. The summed E-state index contributed by atoms with van der Waals surface area (Å²) in [4.78, 5) is 21.2. The highest BCUT2D eigenvalue weighted by molar-refractivity contribution is 7.18. The highest BCUT2D eigenvalue weighted by atomic mass is 32.1. The highest BCUT2D eigenvalue weighted by Gasteiger charge is 2.14. The molecule has 0 bridgehead atoms. The van der Waals surface area contributed by atoms with E-state index in [0.717, 1.165) is 16.0 Å². The van der Waals surface area contributed by atoms with Gasteiger partial charge in [0.15, 0.2) is 5.82 Å². The number of thiophene rings is 1. The largest absolute Gasteiger partial charge is 0.457 e. The minimum Gasteiger partial charge on any atom is -0.457 e. The minimum atomic E-state index is -0.327. The average Bonchev–Trinajstić information content (AvgIpc) is 3.25. The molecule has 5 nitrogen and oxygen atoms in total. The number of rotatable bonds is 3. The molecule has 138 valence electrons. The summed E-state index contributed by atoms with van der Waals surface area (Å²) in [5, 5.41) is 10.1. The molecule has 0 saturated carbocycles. The second kappa shape index (κ2) is 6.91. The molecule has 0 aliphatic rings. The Balaban J connectivity index is 1.74. The number of allylic oxidation sites excluding steroid dienone is 1. The fraction of sp³-hybridized carbons (Fsp3) is 0.0952. The van der Waals surface area contributed by atoms with Crippen molar-refractivity contribution in [3.63, 3.8) is 0 Å². The number of nitrogens with one attached hydrogen (secondary N) is 1. The molecule has 0 spiro atoms. The minimum absolute atomic E-state index is 0.183. The number of halogens is 1. The Morgan fingerprint density at radius 3 is 2.71 bits per heavy atom. The van der Waals surface area contributed by atoms with Crippen LogP contribution in [0.15, 0.2) is 45.6 Å². The van der Waals surface area contributed by atoms with Crippen LogP contribution in [-0.4, -0.2) is 9.97 Å². The van der Waals surface area contributed by atoms with Crippen LogP contribution < -0.4 is 5.56 Å². The van der Waals surface area contributed by atoms with Crippen molar-refractivity contribution in [2.45, 2.75) is 13.8 Å². The van der Waals surface area contributed by atoms with Gasteiger partial charge in [0.2, 0.25) is 0 Å². The van der Waals surface area contributed by atoms with E-state index < -0.39 is 0 Å². The first kappa shape index (κ1) is 17.9. The van der Waals surface area contributed by atoms with E-state index in [4.69, 9.17) is 4.42 Å². The predicted octanol–water partition coefficient (Wildman–Crippen LogP) is 5.06. The Hall–Kier alpha value is -3.50. The molecule has 0 fully saturated rings. The summed E-state index contributed by atoms with van der Waals surface area (Å²) in [6, 6.07) is 11.4. The number of hydrogen-bond donors (Lipinski definition) is 1. The average molecular weight is 391 g/mol. The zero-order valence-electron chi connectivity index (χ0n) is 15.0. The Kier molecular flexibility index (Phi) is 4.41. The Bertz CT molecular complexity index is 1320. The van der Waals surface area contributed by atoms with Gasteiger partial charge in [0.1, 0.15) is 28.2 Å². The van der Waals surface area contributed by atoms with Gasteiger partial charge in [-0.1, -0.05) is 0 Å². The van der Waals surface area contributed by atoms with E-state index in [2.05, 4.69) is 16.0 Å². The lowest BCUT2D eigenvalue weighted by atomic mass is 10.2. The molecule has 0 aliphatic heterocycles. The number of fused-ring (bicyclic) bond motifs is 1. The summed E-state index contributed by atoms with van der Waals surface area (Å²) in [7, 11) is 0. The molecule has 3 heterocycles. The highest BCUT2D eigenvalue weighted by Crippen LogP contribution is 2.28. The van der Waals surface area contributed by atoms with Gasteiger partial charge in [0, 0.05) is 16.5 Å². The maximum absolute atomic E-state index is 13.1. The van der Waals surface area contributed by atoms with Crippen LogP contribution in [-0.2, 0) is 0 Å². The Morgan fingerprint density at radius 1 is 1.25 bits per heavy atom. The van der Waals surface area contributed by atoms with E-state index in [9.17, 15) is 14.4 Å². The zero-order chi connectivity index (χ0) is 19.8. The first-order valence-corrected chi connectivity index (χ1v) is 9.26. The van der Waals surface area contributed by atoms with Crippen molar-refractivity contribution >= 4 is 33.2 Å². The lowest BCUT2D eigenvalue weighted by molar-refractivity contribution is 0.571. The van der Waals surface area contributed by atoms with Gasteiger partial charge < -0.3 is 9.40 Å². The van der Waals surface area contributed by atoms with Crippen LogP contribution in [0.25, 0.3) is 33.2 Å². The summed E-state index contributed by atoms with van der Waals surface area (Å²) >= 11 is 1.42. The topological polar surface area (TPSA) is 82.7 Å². The number of aromatic amines is 1. The maximum atomic E-state index is 13.1. The van der Waals surface area contributed by atoms with Crippen molar-refractivity contribution in [2.24, 2.45) is 0 Å². The predicted molar refractivity (Wildman–Crippen MR) is 107 cm³/mol. The molecule has 0 unspecified atom stereocenters. The van der Waals surface area contributed by atoms with Gasteiger partial charge in [-0.2, -0.15) is 5.26 Å². The second-order valence-electron chi connectivity index (χ2n) is 6.26. The van der Waals surface area contributed by atoms with Crippen molar-refractivity contribution in [3.8, 4) is 17.4 Å². The molecule has 4 rings (SSSR count). The van der Waals surface area contributed by atoms with E-state index in [1.807, 2.05) is 13.8 Å². The first-order chi connectivity index (χ1) is 13.5. The summed E-state index contributed by atoms with van der Waals surface area (Å²) in [6.45, 7) is 3.81. The van der Waals surface area contributed by atoms with Crippen molar-refractivity contribution < 1.29 is 8.81 Å². The normalized spacial score (nSPS) is 11.7. The van der Waals surface area contributed by atoms with Crippen molar-refractivity contribution in [2.75, 3.05) is 0 Å². The van der Waals surface area contributed by atoms with Crippen LogP contribution in [0.3, 0.4) is 0 Å².